The molecule has 17 nitrogen and oxygen atoms in total. The summed E-state index contributed by atoms with van der Waals surface area (Å²) in [5, 5.41) is 22.7. The second kappa shape index (κ2) is 10.1. The van der Waals surface area contributed by atoms with Gasteiger partial charge in [-0.25, -0.2) is 14.6 Å². The average molecular weight is 506 g/mol. The number of methoxy groups -OCH3 is 2. The third-order valence-corrected chi connectivity index (χ3v) is 6.02. The summed E-state index contributed by atoms with van der Waals surface area (Å²) in [5.74, 6) is -2.10. The van der Waals surface area contributed by atoms with Gasteiger partial charge < -0.3 is 35.1 Å². The number of anilines is 1. The quantitative estimate of drug-likeness (QED) is 0.148. The average Bonchev–Trinajstić information content (AvgIpc) is 3.32. The number of fused-ring (bicyclic) bond motifs is 1. The third-order valence-electron chi connectivity index (χ3n) is 4.88. The first-order chi connectivity index (χ1) is 16.0. The minimum Gasteiger partial charge on any atom is -0.469 e. The fourth-order valence-electron chi connectivity index (χ4n) is 3.21. The van der Waals surface area contributed by atoms with E-state index in [0.717, 1.165) is 25.1 Å². The van der Waals surface area contributed by atoms with E-state index in [1.54, 1.807) is 0 Å². The Hall–Kier alpha value is -2.92. The SMILES string of the molecule is COC(=O)C[C@H](NP(=O)(O)OC[C@H]1O[C@@H](n2cnc3c(=O)[nH]c(N)nc32)[C@H](O)[C@@H]1O)C(=O)OC. The van der Waals surface area contributed by atoms with Crippen LogP contribution in [0.15, 0.2) is 11.1 Å². The molecule has 0 bridgehead atoms. The zero-order valence-electron chi connectivity index (χ0n) is 17.9. The molecule has 2 aromatic rings. The number of nitrogens with two attached hydrogens (primary N) is 1. The lowest BCUT2D eigenvalue weighted by Gasteiger charge is -2.21. The van der Waals surface area contributed by atoms with E-state index in [9.17, 15) is 34.1 Å². The van der Waals surface area contributed by atoms with Crippen molar-refractivity contribution in [1.29, 1.82) is 0 Å². The number of carbonyl (C=O) groups excluding carboxylic acids is 2. The number of rotatable bonds is 9. The van der Waals surface area contributed by atoms with Gasteiger partial charge in [0.15, 0.2) is 17.4 Å². The highest BCUT2D eigenvalue weighted by molar-refractivity contribution is 7.50. The van der Waals surface area contributed by atoms with E-state index in [1.807, 2.05) is 5.09 Å². The van der Waals surface area contributed by atoms with Crippen molar-refractivity contribution in [3.8, 4) is 0 Å². The fourth-order valence-corrected chi connectivity index (χ4v) is 4.22. The number of H-pyrrole nitrogens is 1. The van der Waals surface area contributed by atoms with Gasteiger partial charge in [-0.1, -0.05) is 0 Å². The van der Waals surface area contributed by atoms with Crippen molar-refractivity contribution in [2.24, 2.45) is 0 Å². The molecule has 3 heterocycles. The van der Waals surface area contributed by atoms with Gasteiger partial charge in [-0.2, -0.15) is 4.98 Å². The molecule has 1 saturated heterocycles. The molecule has 0 radical (unpaired) electrons. The number of nitrogen functional groups attached to an aromatic ring is 1. The molecule has 0 amide bonds. The number of hydrogen-bond acceptors (Lipinski definition) is 13. The van der Waals surface area contributed by atoms with Crippen LogP contribution in [-0.4, -0.2) is 91.7 Å². The summed E-state index contributed by atoms with van der Waals surface area (Å²) in [7, 11) is -2.66. The Morgan fingerprint density at radius 1 is 1.35 bits per heavy atom. The van der Waals surface area contributed by atoms with E-state index in [1.165, 1.54) is 0 Å². The van der Waals surface area contributed by atoms with Crippen molar-refractivity contribution in [2.45, 2.75) is 37.0 Å². The third kappa shape index (κ3) is 5.41. The predicted molar refractivity (Wildman–Crippen MR) is 110 cm³/mol. The molecular weight excluding hydrogens is 483 g/mol. The summed E-state index contributed by atoms with van der Waals surface area (Å²) in [5.41, 5.74) is 4.78. The topological polar surface area (TPSA) is 250 Å². The van der Waals surface area contributed by atoms with E-state index < -0.39 is 68.9 Å². The van der Waals surface area contributed by atoms with Crippen LogP contribution in [0.25, 0.3) is 11.2 Å². The summed E-state index contributed by atoms with van der Waals surface area (Å²) in [6, 6.07) is -1.56. The molecule has 0 spiro atoms. The molecule has 0 saturated carbocycles. The highest BCUT2D eigenvalue weighted by Gasteiger charge is 2.45. The fraction of sp³-hybridized carbons (Fsp3) is 0.562. The van der Waals surface area contributed by atoms with Crippen molar-refractivity contribution in [2.75, 3.05) is 26.6 Å². The maximum absolute atomic E-state index is 12.4. The number of nitrogens with zero attached hydrogens (tertiary/aromatic N) is 3. The molecule has 6 atom stereocenters. The number of aromatic amines is 1. The molecular formula is C16H23N6O11P. The maximum Gasteiger partial charge on any atom is 0.403 e. The van der Waals surface area contributed by atoms with Crippen LogP contribution < -0.4 is 16.4 Å². The van der Waals surface area contributed by atoms with Crippen molar-refractivity contribution in [3.05, 3.63) is 16.7 Å². The lowest BCUT2D eigenvalue weighted by atomic mass is 10.1. The van der Waals surface area contributed by atoms with E-state index in [-0.39, 0.29) is 17.1 Å². The first-order valence-electron chi connectivity index (χ1n) is 9.61. The van der Waals surface area contributed by atoms with Gasteiger partial charge in [-0.15, -0.1) is 0 Å². The monoisotopic (exact) mass is 506 g/mol. The summed E-state index contributed by atoms with van der Waals surface area (Å²) >= 11 is 0. The van der Waals surface area contributed by atoms with Crippen molar-refractivity contribution < 1.29 is 48.0 Å². The molecule has 1 fully saturated rings. The standard InChI is InChI=1S/C16H23N6O11P/c1-30-8(23)3-6(15(27)31-2)21-34(28,29)32-4-7-10(24)11(25)14(33-7)22-5-18-9-12(22)19-16(17)20-13(9)26/h5-7,10-11,14,24-25H,3-4H2,1-2H3,(H2,21,28,29)(H3,17,19,20,26)/t6-,7+,10+,11+,14+/m0/s1. The molecule has 3 rings (SSSR count). The van der Waals surface area contributed by atoms with E-state index in [0.29, 0.717) is 0 Å². The van der Waals surface area contributed by atoms with Crippen LogP contribution in [-0.2, 0) is 32.9 Å². The molecule has 7 N–H and O–H groups in total. The number of hydrogen-bond donors (Lipinski definition) is 6. The number of ether oxygens (including phenoxy) is 3. The lowest BCUT2D eigenvalue weighted by Crippen LogP contribution is -2.39. The molecule has 34 heavy (non-hydrogen) atoms. The highest BCUT2D eigenvalue weighted by atomic mass is 31.2. The maximum atomic E-state index is 12.4. The van der Waals surface area contributed by atoms with Crippen LogP contribution in [0.2, 0.25) is 0 Å². The second-order valence-corrected chi connectivity index (χ2v) is 8.68. The van der Waals surface area contributed by atoms with Gasteiger partial charge in [0.2, 0.25) is 5.95 Å². The first kappa shape index (κ1) is 25.7. The number of carbonyl (C=O) groups is 2. The minimum atomic E-state index is -4.74. The van der Waals surface area contributed by atoms with Crippen molar-refractivity contribution in [3.63, 3.8) is 0 Å². The summed E-state index contributed by atoms with van der Waals surface area (Å²) < 4.78 is 32.9. The Labute approximate surface area is 190 Å². The number of imidazole rings is 1. The van der Waals surface area contributed by atoms with E-state index in [2.05, 4.69) is 24.4 Å². The van der Waals surface area contributed by atoms with Crippen LogP contribution in [0.5, 0.6) is 0 Å². The second-order valence-electron chi connectivity index (χ2n) is 7.12. The lowest BCUT2D eigenvalue weighted by molar-refractivity contribution is -0.149. The molecule has 2 aromatic heterocycles. The van der Waals surface area contributed by atoms with Gasteiger partial charge in [0.05, 0.1) is 33.6 Å². The normalized spacial score (nSPS) is 25.1. The number of aliphatic hydroxyl groups excluding tert-OH is 2. The van der Waals surface area contributed by atoms with Gasteiger partial charge in [0.25, 0.3) is 5.56 Å². The Balaban J connectivity index is 1.71. The van der Waals surface area contributed by atoms with Gasteiger partial charge in [-0.05, 0) is 0 Å². The van der Waals surface area contributed by atoms with Gasteiger partial charge in [0.1, 0.15) is 24.4 Å². The smallest absolute Gasteiger partial charge is 0.403 e. The predicted octanol–water partition coefficient (Wildman–Crippen LogP) is -2.87. The Morgan fingerprint density at radius 2 is 2.06 bits per heavy atom. The zero-order valence-corrected chi connectivity index (χ0v) is 18.7. The summed E-state index contributed by atoms with van der Waals surface area (Å²) in [4.78, 5) is 55.3. The van der Waals surface area contributed by atoms with E-state index >= 15 is 0 Å². The molecule has 18 heteroatoms. The summed E-state index contributed by atoms with van der Waals surface area (Å²) in [6.07, 6.45) is -5.26. The van der Waals surface area contributed by atoms with Crippen LogP contribution >= 0.6 is 7.75 Å². The Bertz CT molecular complexity index is 1170. The Morgan fingerprint density at radius 3 is 2.71 bits per heavy atom. The van der Waals surface area contributed by atoms with E-state index in [4.69, 9.17) is 15.0 Å². The van der Waals surface area contributed by atoms with Gasteiger partial charge in [-0.3, -0.25) is 28.5 Å². The number of nitrogens with one attached hydrogen (secondary N) is 2. The Kier molecular flexibility index (Phi) is 7.67. The van der Waals surface area contributed by atoms with Crippen LogP contribution in [0.1, 0.15) is 12.6 Å². The minimum absolute atomic E-state index is 0.0303. The molecule has 1 unspecified atom stereocenters. The van der Waals surface area contributed by atoms with Gasteiger partial charge in [0, 0.05) is 0 Å². The number of esters is 2. The molecule has 1 aliphatic heterocycles. The zero-order chi connectivity index (χ0) is 25.2. The summed E-state index contributed by atoms with van der Waals surface area (Å²) in [6.45, 7) is -0.718. The van der Waals surface area contributed by atoms with Crippen LogP contribution in [0.4, 0.5) is 5.95 Å². The van der Waals surface area contributed by atoms with Crippen LogP contribution in [0, 0.1) is 0 Å². The first-order valence-corrected chi connectivity index (χ1v) is 11.2. The van der Waals surface area contributed by atoms with Crippen molar-refractivity contribution >= 4 is 36.8 Å². The number of aliphatic hydroxyl groups is 2. The van der Waals surface area contributed by atoms with Gasteiger partial charge >= 0.3 is 19.7 Å². The molecule has 0 aliphatic carbocycles. The van der Waals surface area contributed by atoms with Crippen LogP contribution in [0.3, 0.4) is 0 Å². The molecule has 1 aliphatic rings. The molecule has 0 aromatic carbocycles. The highest BCUT2D eigenvalue weighted by Crippen LogP contribution is 2.40. The van der Waals surface area contributed by atoms with Crippen molar-refractivity contribution in [1.82, 2.24) is 24.6 Å². The largest absolute Gasteiger partial charge is 0.469 e. The molecule has 188 valence electrons. The number of aromatic nitrogens is 4.